The van der Waals surface area contributed by atoms with Crippen LogP contribution in [0.25, 0.3) is 0 Å². The first kappa shape index (κ1) is 13.5. The van der Waals surface area contributed by atoms with E-state index in [9.17, 15) is 0 Å². The average Bonchev–Trinajstić information content (AvgIpc) is 2.93. The molecule has 1 atom stereocenters. The molecule has 1 unspecified atom stereocenters. The second kappa shape index (κ2) is 7.51. The molecule has 0 fully saturated rings. The summed E-state index contributed by atoms with van der Waals surface area (Å²) in [7, 11) is 0. The molecule has 3 nitrogen and oxygen atoms in total. The maximum absolute atomic E-state index is 4.07. The van der Waals surface area contributed by atoms with E-state index in [1.807, 2.05) is 0 Å². The van der Waals surface area contributed by atoms with Crippen molar-refractivity contribution in [2.75, 3.05) is 12.3 Å². The molecule has 96 valence electrons. The molecule has 18 heavy (non-hydrogen) atoms. The number of hydrogen-bond acceptors (Lipinski definition) is 5. The first-order valence-electron chi connectivity index (χ1n) is 6.07. The van der Waals surface area contributed by atoms with Crippen molar-refractivity contribution in [2.45, 2.75) is 23.7 Å². The fourth-order valence-corrected chi connectivity index (χ4v) is 3.27. The van der Waals surface area contributed by atoms with E-state index in [1.54, 1.807) is 28.6 Å². The van der Waals surface area contributed by atoms with Gasteiger partial charge in [0.05, 0.1) is 0 Å². The van der Waals surface area contributed by atoms with Gasteiger partial charge in [-0.3, -0.25) is 0 Å². The SMILES string of the molecule is CCCNC(CSc1nncs1)c1ccccc1. The lowest BCUT2D eigenvalue weighted by molar-refractivity contribution is 0.577. The third-order valence-electron chi connectivity index (χ3n) is 2.56. The molecular weight excluding hydrogens is 262 g/mol. The van der Waals surface area contributed by atoms with Crippen molar-refractivity contribution < 1.29 is 0 Å². The number of aromatic nitrogens is 2. The smallest absolute Gasteiger partial charge is 0.174 e. The minimum atomic E-state index is 0.375. The third kappa shape index (κ3) is 4.08. The zero-order valence-electron chi connectivity index (χ0n) is 10.4. The lowest BCUT2D eigenvalue weighted by Gasteiger charge is -2.17. The van der Waals surface area contributed by atoms with E-state index in [0.717, 1.165) is 23.1 Å². The Balaban J connectivity index is 1.96. The highest BCUT2D eigenvalue weighted by Crippen LogP contribution is 2.25. The van der Waals surface area contributed by atoms with Crippen LogP contribution in [0.5, 0.6) is 0 Å². The fourth-order valence-electron chi connectivity index (χ4n) is 1.66. The Morgan fingerprint density at radius 2 is 2.17 bits per heavy atom. The number of rotatable bonds is 7. The number of nitrogens with zero attached hydrogens (tertiary/aromatic N) is 2. The maximum atomic E-state index is 4.07. The van der Waals surface area contributed by atoms with Gasteiger partial charge in [0.25, 0.3) is 0 Å². The van der Waals surface area contributed by atoms with Crippen LogP contribution in [-0.4, -0.2) is 22.5 Å². The van der Waals surface area contributed by atoms with Gasteiger partial charge in [0, 0.05) is 11.8 Å². The zero-order chi connectivity index (χ0) is 12.6. The summed E-state index contributed by atoms with van der Waals surface area (Å²) in [5, 5.41) is 11.5. The lowest BCUT2D eigenvalue weighted by atomic mass is 10.1. The van der Waals surface area contributed by atoms with Gasteiger partial charge in [0.1, 0.15) is 5.51 Å². The van der Waals surface area contributed by atoms with E-state index >= 15 is 0 Å². The molecule has 0 saturated carbocycles. The Bertz CT molecular complexity index is 431. The summed E-state index contributed by atoms with van der Waals surface area (Å²) in [6.45, 7) is 3.23. The minimum Gasteiger partial charge on any atom is -0.309 e. The Hall–Kier alpha value is -0.910. The Morgan fingerprint density at radius 1 is 1.33 bits per heavy atom. The number of nitrogens with one attached hydrogen (secondary N) is 1. The maximum Gasteiger partial charge on any atom is 0.174 e. The van der Waals surface area contributed by atoms with Crippen LogP contribution < -0.4 is 5.32 Å². The monoisotopic (exact) mass is 279 g/mol. The van der Waals surface area contributed by atoms with E-state index < -0.39 is 0 Å². The summed E-state index contributed by atoms with van der Waals surface area (Å²) in [5.41, 5.74) is 3.11. The Kier molecular flexibility index (Phi) is 5.64. The average molecular weight is 279 g/mol. The van der Waals surface area contributed by atoms with E-state index in [1.165, 1.54) is 5.56 Å². The minimum absolute atomic E-state index is 0.375. The van der Waals surface area contributed by atoms with E-state index in [-0.39, 0.29) is 0 Å². The highest BCUT2D eigenvalue weighted by Gasteiger charge is 2.11. The quantitative estimate of drug-likeness (QED) is 0.789. The summed E-state index contributed by atoms with van der Waals surface area (Å²) in [6.07, 6.45) is 1.15. The van der Waals surface area contributed by atoms with Crippen molar-refractivity contribution in [3.05, 3.63) is 41.4 Å². The van der Waals surface area contributed by atoms with Crippen LogP contribution in [0.15, 0.2) is 40.2 Å². The van der Waals surface area contributed by atoms with Crippen molar-refractivity contribution in [1.82, 2.24) is 15.5 Å². The van der Waals surface area contributed by atoms with Gasteiger partial charge in [0.15, 0.2) is 4.34 Å². The normalized spacial score (nSPS) is 12.5. The standard InChI is InChI=1S/C13H17N3S2/c1-2-8-14-12(11-6-4-3-5-7-11)9-17-13-16-15-10-18-13/h3-7,10,12,14H,2,8-9H2,1H3. The molecule has 0 saturated heterocycles. The number of thioether (sulfide) groups is 1. The molecule has 1 N–H and O–H groups in total. The summed E-state index contributed by atoms with van der Waals surface area (Å²) >= 11 is 3.36. The van der Waals surface area contributed by atoms with Gasteiger partial charge in [-0.15, -0.1) is 10.2 Å². The highest BCUT2D eigenvalue weighted by atomic mass is 32.2. The molecule has 5 heteroatoms. The van der Waals surface area contributed by atoms with Crippen molar-refractivity contribution >= 4 is 23.1 Å². The molecule has 0 radical (unpaired) electrons. The van der Waals surface area contributed by atoms with E-state index in [2.05, 4.69) is 52.8 Å². The molecule has 0 spiro atoms. The molecular formula is C13H17N3S2. The summed E-state index contributed by atoms with van der Waals surface area (Å²) in [6, 6.07) is 11.0. The van der Waals surface area contributed by atoms with Crippen molar-refractivity contribution in [3.8, 4) is 0 Å². The van der Waals surface area contributed by atoms with Crippen molar-refractivity contribution in [3.63, 3.8) is 0 Å². The van der Waals surface area contributed by atoms with Crippen LogP contribution in [0.3, 0.4) is 0 Å². The van der Waals surface area contributed by atoms with Crippen molar-refractivity contribution in [2.24, 2.45) is 0 Å². The lowest BCUT2D eigenvalue weighted by Crippen LogP contribution is -2.24. The van der Waals surface area contributed by atoms with Gasteiger partial charge in [0.2, 0.25) is 0 Å². The molecule has 1 heterocycles. The van der Waals surface area contributed by atoms with Gasteiger partial charge >= 0.3 is 0 Å². The second-order valence-corrected chi connectivity index (χ2v) is 6.03. The van der Waals surface area contributed by atoms with Gasteiger partial charge in [-0.2, -0.15) is 0 Å². The van der Waals surface area contributed by atoms with Gasteiger partial charge < -0.3 is 5.32 Å². The molecule has 1 aromatic carbocycles. The molecule has 0 aliphatic heterocycles. The molecule has 2 rings (SSSR count). The zero-order valence-corrected chi connectivity index (χ0v) is 12.0. The summed E-state index contributed by atoms with van der Waals surface area (Å²) in [4.78, 5) is 0. The first-order chi connectivity index (χ1) is 8.90. The van der Waals surface area contributed by atoms with Crippen LogP contribution in [0, 0.1) is 0 Å². The van der Waals surface area contributed by atoms with Crippen LogP contribution in [0.4, 0.5) is 0 Å². The third-order valence-corrected chi connectivity index (χ3v) is 4.51. The predicted molar refractivity (Wildman–Crippen MR) is 78.1 cm³/mol. The van der Waals surface area contributed by atoms with Crippen LogP contribution in [0.2, 0.25) is 0 Å². The summed E-state index contributed by atoms with van der Waals surface area (Å²) in [5.74, 6) is 0.985. The number of benzene rings is 1. The van der Waals surface area contributed by atoms with Gasteiger partial charge in [-0.1, -0.05) is 60.4 Å². The molecule has 0 aliphatic rings. The van der Waals surface area contributed by atoms with Gasteiger partial charge in [-0.05, 0) is 18.5 Å². The molecule has 0 aliphatic carbocycles. The van der Waals surface area contributed by atoms with E-state index in [0.29, 0.717) is 6.04 Å². The van der Waals surface area contributed by atoms with Gasteiger partial charge in [-0.25, -0.2) is 0 Å². The van der Waals surface area contributed by atoms with Crippen LogP contribution >= 0.6 is 23.1 Å². The molecule has 0 amide bonds. The number of hydrogen-bond donors (Lipinski definition) is 1. The predicted octanol–water partition coefficient (Wildman–Crippen LogP) is 3.37. The molecule has 0 bridgehead atoms. The fraction of sp³-hybridized carbons (Fsp3) is 0.385. The topological polar surface area (TPSA) is 37.8 Å². The summed E-state index contributed by atoms with van der Waals surface area (Å²) < 4.78 is 1.04. The molecule has 1 aromatic heterocycles. The largest absolute Gasteiger partial charge is 0.309 e. The first-order valence-corrected chi connectivity index (χ1v) is 7.94. The molecule has 2 aromatic rings. The van der Waals surface area contributed by atoms with E-state index in [4.69, 9.17) is 0 Å². The Labute approximate surface area is 116 Å². The van der Waals surface area contributed by atoms with Crippen LogP contribution in [0.1, 0.15) is 24.9 Å². The second-order valence-electron chi connectivity index (χ2n) is 3.93. The highest BCUT2D eigenvalue weighted by molar-refractivity contribution is 8.01. The van der Waals surface area contributed by atoms with Crippen molar-refractivity contribution in [1.29, 1.82) is 0 Å². The Morgan fingerprint density at radius 3 is 2.83 bits per heavy atom. The van der Waals surface area contributed by atoms with Crippen LogP contribution in [-0.2, 0) is 0 Å².